The second-order valence-corrected chi connectivity index (χ2v) is 6.61. The van der Waals surface area contributed by atoms with E-state index >= 15 is 0 Å². The minimum absolute atomic E-state index is 0.00736. The maximum absolute atomic E-state index is 11.7. The van der Waals surface area contributed by atoms with Gasteiger partial charge >= 0.3 is 5.97 Å². The van der Waals surface area contributed by atoms with Gasteiger partial charge in [0.15, 0.2) is 0 Å². The smallest absolute Gasteiger partial charge is 0.306 e. The molecule has 21 heavy (non-hydrogen) atoms. The Morgan fingerprint density at radius 2 is 1.95 bits per heavy atom. The van der Waals surface area contributed by atoms with Crippen molar-refractivity contribution in [3.05, 3.63) is 34.9 Å². The summed E-state index contributed by atoms with van der Waals surface area (Å²) in [6.07, 6.45) is 5.92. The van der Waals surface area contributed by atoms with E-state index in [1.165, 1.54) is 36.6 Å². The molecule has 1 atom stereocenters. The lowest BCUT2D eigenvalue weighted by molar-refractivity contribution is -0.143. The quantitative estimate of drug-likeness (QED) is 0.838. The van der Waals surface area contributed by atoms with Gasteiger partial charge in [0.05, 0.1) is 13.5 Å². The van der Waals surface area contributed by atoms with Gasteiger partial charge in [-0.05, 0) is 55.2 Å². The van der Waals surface area contributed by atoms with Gasteiger partial charge in [0.1, 0.15) is 0 Å². The molecule has 2 rings (SSSR count). The first kappa shape index (κ1) is 16.0. The summed E-state index contributed by atoms with van der Waals surface area (Å²) in [5.41, 5.74) is 10.2. The van der Waals surface area contributed by atoms with Gasteiger partial charge in [-0.15, -0.1) is 0 Å². The van der Waals surface area contributed by atoms with Gasteiger partial charge in [0.2, 0.25) is 0 Å². The van der Waals surface area contributed by atoms with Crippen LogP contribution < -0.4 is 5.73 Å². The maximum Gasteiger partial charge on any atom is 0.306 e. The second kappa shape index (κ2) is 6.61. The fourth-order valence-electron chi connectivity index (χ4n) is 3.54. The monoisotopic (exact) mass is 289 g/mol. The molecule has 1 unspecified atom stereocenters. The molecule has 116 valence electrons. The van der Waals surface area contributed by atoms with Crippen molar-refractivity contribution in [3.8, 4) is 0 Å². The Labute approximate surface area is 127 Å². The van der Waals surface area contributed by atoms with Crippen LogP contribution in [0, 0.1) is 19.3 Å². The highest BCUT2D eigenvalue weighted by atomic mass is 16.5. The van der Waals surface area contributed by atoms with Crippen LogP contribution in [0.5, 0.6) is 0 Å². The van der Waals surface area contributed by atoms with Gasteiger partial charge in [-0.1, -0.05) is 31.0 Å². The Hall–Kier alpha value is -1.35. The van der Waals surface area contributed by atoms with E-state index in [0.29, 0.717) is 6.42 Å². The van der Waals surface area contributed by atoms with Crippen molar-refractivity contribution in [2.45, 2.75) is 58.4 Å². The van der Waals surface area contributed by atoms with E-state index in [9.17, 15) is 4.79 Å². The third kappa shape index (κ3) is 3.85. The first-order valence-electron chi connectivity index (χ1n) is 7.85. The van der Waals surface area contributed by atoms with Crippen LogP contribution >= 0.6 is 0 Å². The zero-order chi connectivity index (χ0) is 15.5. The number of hydrogen-bond acceptors (Lipinski definition) is 3. The summed E-state index contributed by atoms with van der Waals surface area (Å²) in [6.45, 7) is 4.23. The van der Waals surface area contributed by atoms with Crippen molar-refractivity contribution in [2.24, 2.45) is 11.1 Å². The number of carbonyl (C=O) groups excluding carboxylic acids is 1. The maximum atomic E-state index is 11.7. The summed E-state index contributed by atoms with van der Waals surface area (Å²) >= 11 is 0. The van der Waals surface area contributed by atoms with Gasteiger partial charge in [0, 0.05) is 6.04 Å². The average Bonchev–Trinajstić information content (AvgIpc) is 2.89. The third-order valence-electron chi connectivity index (χ3n) is 5.02. The molecular weight excluding hydrogens is 262 g/mol. The molecule has 1 aromatic rings. The molecule has 1 aliphatic rings. The van der Waals surface area contributed by atoms with E-state index in [0.717, 1.165) is 19.3 Å². The molecular formula is C18H27NO2. The lowest BCUT2D eigenvalue weighted by atomic mass is 9.76. The van der Waals surface area contributed by atoms with Crippen LogP contribution in [0.15, 0.2) is 18.2 Å². The Kier molecular flexibility index (Phi) is 5.04. The minimum Gasteiger partial charge on any atom is -0.469 e. The van der Waals surface area contributed by atoms with E-state index in [-0.39, 0.29) is 17.4 Å². The van der Waals surface area contributed by atoms with E-state index in [2.05, 4.69) is 32.0 Å². The number of hydrogen-bond donors (Lipinski definition) is 1. The summed E-state index contributed by atoms with van der Waals surface area (Å²) in [5, 5.41) is 0. The molecule has 3 heteroatoms. The summed E-state index contributed by atoms with van der Waals surface area (Å²) < 4.78 is 4.88. The average molecular weight is 289 g/mol. The van der Waals surface area contributed by atoms with Crippen LogP contribution in [0.4, 0.5) is 0 Å². The van der Waals surface area contributed by atoms with Crippen LogP contribution in [-0.4, -0.2) is 13.1 Å². The van der Waals surface area contributed by atoms with Crippen molar-refractivity contribution in [3.63, 3.8) is 0 Å². The molecule has 0 bridgehead atoms. The largest absolute Gasteiger partial charge is 0.469 e. The van der Waals surface area contributed by atoms with Gasteiger partial charge < -0.3 is 10.5 Å². The summed E-state index contributed by atoms with van der Waals surface area (Å²) in [7, 11) is 1.47. The molecule has 1 aliphatic carbocycles. The summed E-state index contributed by atoms with van der Waals surface area (Å²) in [4.78, 5) is 11.7. The lowest BCUT2D eigenvalue weighted by Gasteiger charge is -2.31. The Bertz CT molecular complexity index is 504. The Morgan fingerprint density at radius 3 is 2.52 bits per heavy atom. The van der Waals surface area contributed by atoms with Crippen LogP contribution in [0.2, 0.25) is 0 Å². The fourth-order valence-corrected chi connectivity index (χ4v) is 3.54. The van der Waals surface area contributed by atoms with Crippen LogP contribution in [0.1, 0.15) is 61.3 Å². The summed E-state index contributed by atoms with van der Waals surface area (Å²) in [6, 6.07) is 6.42. The predicted octanol–water partition coefficient (Wildman–Crippen LogP) is 3.82. The first-order valence-corrected chi connectivity index (χ1v) is 7.85. The molecule has 1 fully saturated rings. The number of aryl methyl sites for hydroxylation is 2. The van der Waals surface area contributed by atoms with Crippen molar-refractivity contribution in [1.29, 1.82) is 0 Å². The Balaban J connectivity index is 2.12. The predicted molar refractivity (Wildman–Crippen MR) is 85.0 cm³/mol. The third-order valence-corrected chi connectivity index (χ3v) is 5.02. The molecule has 0 aromatic heterocycles. The first-order chi connectivity index (χ1) is 9.96. The zero-order valence-electron chi connectivity index (χ0n) is 13.4. The number of esters is 1. The molecule has 0 radical (unpaired) electrons. The topological polar surface area (TPSA) is 52.3 Å². The van der Waals surface area contributed by atoms with Gasteiger partial charge in [0.25, 0.3) is 0 Å². The standard InChI is InChI=1S/C18H27NO2/c1-13-6-7-15(10-14(13)2)16(19)11-18(8-4-5-9-18)12-17(20)21-3/h6-7,10,16H,4-5,8-9,11-12,19H2,1-3H3. The Morgan fingerprint density at radius 1 is 1.29 bits per heavy atom. The van der Waals surface area contributed by atoms with Crippen LogP contribution in [-0.2, 0) is 9.53 Å². The molecule has 0 heterocycles. The number of ether oxygens (including phenoxy) is 1. The van der Waals surface area contributed by atoms with Crippen LogP contribution in [0.3, 0.4) is 0 Å². The minimum atomic E-state index is -0.107. The second-order valence-electron chi connectivity index (χ2n) is 6.61. The molecule has 0 amide bonds. The van der Waals surface area contributed by atoms with Crippen molar-refractivity contribution >= 4 is 5.97 Å². The normalized spacial score (nSPS) is 18.5. The molecule has 1 saturated carbocycles. The molecule has 0 spiro atoms. The SMILES string of the molecule is COC(=O)CC1(CC(N)c2ccc(C)c(C)c2)CCCC1. The van der Waals surface area contributed by atoms with Gasteiger partial charge in [-0.2, -0.15) is 0 Å². The fraction of sp³-hybridized carbons (Fsp3) is 0.611. The molecule has 3 nitrogen and oxygen atoms in total. The molecule has 0 aliphatic heterocycles. The number of rotatable bonds is 5. The number of nitrogens with two attached hydrogens (primary N) is 1. The molecule has 0 saturated heterocycles. The van der Waals surface area contributed by atoms with Gasteiger partial charge in [-0.25, -0.2) is 0 Å². The van der Waals surface area contributed by atoms with Crippen LogP contribution in [0.25, 0.3) is 0 Å². The molecule has 1 aromatic carbocycles. The van der Waals surface area contributed by atoms with E-state index in [1.54, 1.807) is 0 Å². The van der Waals surface area contributed by atoms with Crippen molar-refractivity contribution < 1.29 is 9.53 Å². The zero-order valence-corrected chi connectivity index (χ0v) is 13.4. The highest BCUT2D eigenvalue weighted by molar-refractivity contribution is 5.70. The van der Waals surface area contributed by atoms with Crippen molar-refractivity contribution in [1.82, 2.24) is 0 Å². The number of carbonyl (C=O) groups is 1. The van der Waals surface area contributed by atoms with E-state index in [4.69, 9.17) is 10.5 Å². The molecule has 2 N–H and O–H groups in total. The number of benzene rings is 1. The lowest BCUT2D eigenvalue weighted by Crippen LogP contribution is -2.27. The highest BCUT2D eigenvalue weighted by Gasteiger charge is 2.37. The summed E-state index contributed by atoms with van der Waals surface area (Å²) in [5.74, 6) is -0.107. The van der Waals surface area contributed by atoms with Crippen molar-refractivity contribution in [2.75, 3.05) is 7.11 Å². The van der Waals surface area contributed by atoms with Gasteiger partial charge in [-0.3, -0.25) is 4.79 Å². The van der Waals surface area contributed by atoms with E-state index in [1.807, 2.05) is 0 Å². The highest BCUT2D eigenvalue weighted by Crippen LogP contribution is 2.47. The van der Waals surface area contributed by atoms with E-state index < -0.39 is 0 Å². The number of methoxy groups -OCH3 is 1.